The van der Waals surface area contributed by atoms with Crippen LogP contribution in [-0.2, 0) is 23.7 Å². The Morgan fingerprint density at radius 1 is 1.22 bits per heavy atom. The summed E-state index contributed by atoms with van der Waals surface area (Å²) in [5.74, 6) is -0.988. The Morgan fingerprint density at radius 3 is 2.52 bits per heavy atom. The minimum absolute atomic E-state index is 0.196. The maximum Gasteiger partial charge on any atom is 0.302 e. The van der Waals surface area contributed by atoms with Crippen LogP contribution in [0.4, 0.5) is 0 Å². The van der Waals surface area contributed by atoms with Gasteiger partial charge < -0.3 is 18.9 Å². The van der Waals surface area contributed by atoms with Crippen LogP contribution in [0.1, 0.15) is 27.7 Å². The SMILES string of the molecule is CC(=O)O[C@@H](C)[C@@H]1OC(Sc2ccccc2)[C@@H]2OC(C)(C)O[C@H]12. The van der Waals surface area contributed by atoms with E-state index in [-0.39, 0.29) is 35.8 Å². The molecule has 6 heteroatoms. The average molecular weight is 338 g/mol. The number of rotatable bonds is 4. The number of esters is 1. The number of benzene rings is 1. The lowest BCUT2D eigenvalue weighted by Crippen LogP contribution is -2.39. The molecule has 0 radical (unpaired) electrons. The first-order chi connectivity index (χ1) is 10.9. The molecule has 1 aromatic rings. The highest BCUT2D eigenvalue weighted by Gasteiger charge is 2.57. The van der Waals surface area contributed by atoms with Crippen molar-refractivity contribution in [3.63, 3.8) is 0 Å². The maximum absolute atomic E-state index is 11.2. The standard InChI is InChI=1S/C17H22O5S/c1-10(19-11(2)18)13-14-15(22-17(3,4)21-14)16(20-13)23-12-8-6-5-7-9-12/h5-10,13-16H,1-4H3/t10-,13-,14+,15+,16?/m0/s1. The van der Waals surface area contributed by atoms with Gasteiger partial charge in [-0.2, -0.15) is 0 Å². The van der Waals surface area contributed by atoms with E-state index in [2.05, 4.69) is 0 Å². The summed E-state index contributed by atoms with van der Waals surface area (Å²) in [5, 5.41) is 0. The van der Waals surface area contributed by atoms with Crippen LogP contribution >= 0.6 is 11.8 Å². The van der Waals surface area contributed by atoms with Gasteiger partial charge in [0.05, 0.1) is 0 Å². The summed E-state index contributed by atoms with van der Waals surface area (Å²) in [7, 11) is 0. The predicted molar refractivity (Wildman–Crippen MR) is 86.0 cm³/mol. The third-order valence-corrected chi connectivity index (χ3v) is 5.01. The third kappa shape index (κ3) is 3.71. The largest absolute Gasteiger partial charge is 0.460 e. The smallest absolute Gasteiger partial charge is 0.302 e. The van der Waals surface area contributed by atoms with Crippen LogP contribution in [-0.4, -0.2) is 41.6 Å². The fraction of sp³-hybridized carbons (Fsp3) is 0.588. The summed E-state index contributed by atoms with van der Waals surface area (Å²) in [5.41, 5.74) is -0.202. The van der Waals surface area contributed by atoms with Crippen molar-refractivity contribution >= 4 is 17.7 Å². The molecule has 0 aromatic heterocycles. The molecule has 2 aliphatic rings. The third-order valence-electron chi connectivity index (χ3n) is 3.86. The minimum Gasteiger partial charge on any atom is -0.460 e. The second-order valence-electron chi connectivity index (χ2n) is 6.28. The summed E-state index contributed by atoms with van der Waals surface area (Å²) < 4.78 is 23.5. The van der Waals surface area contributed by atoms with Gasteiger partial charge in [-0.3, -0.25) is 4.79 Å². The molecule has 1 aromatic carbocycles. The number of ether oxygens (including phenoxy) is 4. The van der Waals surface area contributed by atoms with Crippen LogP contribution in [0.5, 0.6) is 0 Å². The molecule has 0 spiro atoms. The summed E-state index contributed by atoms with van der Waals surface area (Å²) in [4.78, 5) is 12.4. The first-order valence-electron chi connectivity index (χ1n) is 7.76. The first-order valence-corrected chi connectivity index (χ1v) is 8.64. The van der Waals surface area contributed by atoms with Crippen molar-refractivity contribution in [3.05, 3.63) is 30.3 Å². The molecule has 0 saturated carbocycles. The molecule has 2 fully saturated rings. The molecule has 3 rings (SSSR count). The lowest BCUT2D eigenvalue weighted by atomic mass is 10.1. The van der Waals surface area contributed by atoms with Gasteiger partial charge in [0.1, 0.15) is 29.9 Å². The zero-order valence-corrected chi connectivity index (χ0v) is 14.5. The molecule has 5 atom stereocenters. The number of carbonyl (C=O) groups is 1. The van der Waals surface area contributed by atoms with E-state index in [0.29, 0.717) is 0 Å². The second-order valence-corrected chi connectivity index (χ2v) is 7.45. The van der Waals surface area contributed by atoms with E-state index < -0.39 is 5.79 Å². The van der Waals surface area contributed by atoms with Gasteiger partial charge in [0, 0.05) is 11.8 Å². The first kappa shape index (κ1) is 16.8. The van der Waals surface area contributed by atoms with Crippen molar-refractivity contribution < 1.29 is 23.7 Å². The van der Waals surface area contributed by atoms with Gasteiger partial charge in [-0.1, -0.05) is 30.0 Å². The van der Waals surface area contributed by atoms with Crippen LogP contribution < -0.4 is 0 Å². The Kier molecular flexibility index (Phi) is 4.69. The Hall–Kier alpha value is -1.08. The van der Waals surface area contributed by atoms with Crippen LogP contribution in [0.3, 0.4) is 0 Å². The van der Waals surface area contributed by atoms with Crippen molar-refractivity contribution in [1.82, 2.24) is 0 Å². The molecule has 0 aliphatic carbocycles. The van der Waals surface area contributed by atoms with E-state index in [1.54, 1.807) is 11.8 Å². The summed E-state index contributed by atoms with van der Waals surface area (Å²) in [6.07, 6.45) is -1.18. The quantitative estimate of drug-likeness (QED) is 0.787. The van der Waals surface area contributed by atoms with Crippen LogP contribution in [0.15, 0.2) is 35.2 Å². The van der Waals surface area contributed by atoms with Gasteiger partial charge in [0.25, 0.3) is 0 Å². The second kappa shape index (κ2) is 6.43. The average Bonchev–Trinajstić information content (AvgIpc) is 2.94. The van der Waals surface area contributed by atoms with Gasteiger partial charge in [-0.05, 0) is 32.9 Å². The minimum atomic E-state index is -0.664. The Balaban J connectivity index is 1.77. The number of hydrogen-bond donors (Lipinski definition) is 0. The van der Waals surface area contributed by atoms with E-state index in [1.165, 1.54) is 6.92 Å². The van der Waals surface area contributed by atoms with Gasteiger partial charge in [-0.25, -0.2) is 0 Å². The van der Waals surface area contributed by atoms with Crippen molar-refractivity contribution in [2.24, 2.45) is 0 Å². The molecule has 0 amide bonds. The number of fused-ring (bicyclic) bond motifs is 1. The van der Waals surface area contributed by atoms with E-state index in [9.17, 15) is 4.79 Å². The molecule has 0 N–H and O–H groups in total. The topological polar surface area (TPSA) is 54.0 Å². The molecule has 2 heterocycles. The Morgan fingerprint density at radius 2 is 1.87 bits per heavy atom. The molecule has 2 saturated heterocycles. The number of thioether (sulfide) groups is 1. The van der Waals surface area contributed by atoms with Crippen molar-refractivity contribution in [1.29, 1.82) is 0 Å². The molecular formula is C17H22O5S. The number of carbonyl (C=O) groups excluding carboxylic acids is 1. The zero-order chi connectivity index (χ0) is 16.6. The molecule has 2 aliphatic heterocycles. The Labute approximate surface area is 140 Å². The van der Waals surface area contributed by atoms with Crippen molar-refractivity contribution in [2.75, 3.05) is 0 Å². The zero-order valence-electron chi connectivity index (χ0n) is 13.7. The van der Waals surface area contributed by atoms with Gasteiger partial charge in [0.15, 0.2) is 5.79 Å². The highest BCUT2D eigenvalue weighted by molar-refractivity contribution is 7.99. The summed E-state index contributed by atoms with van der Waals surface area (Å²) >= 11 is 1.60. The maximum atomic E-state index is 11.2. The van der Waals surface area contributed by atoms with Gasteiger partial charge in [-0.15, -0.1) is 0 Å². The van der Waals surface area contributed by atoms with E-state index in [1.807, 2.05) is 51.1 Å². The van der Waals surface area contributed by atoms with Gasteiger partial charge in [0.2, 0.25) is 0 Å². The normalized spacial score (nSPS) is 33.2. The Bertz CT molecular complexity index is 561. The van der Waals surface area contributed by atoms with Crippen molar-refractivity contribution in [3.8, 4) is 0 Å². The molecular weight excluding hydrogens is 316 g/mol. The van der Waals surface area contributed by atoms with Crippen molar-refractivity contribution in [2.45, 2.75) is 68.2 Å². The van der Waals surface area contributed by atoms with Crippen LogP contribution in [0, 0.1) is 0 Å². The monoisotopic (exact) mass is 338 g/mol. The molecule has 126 valence electrons. The van der Waals surface area contributed by atoms with E-state index in [0.717, 1.165) is 4.90 Å². The summed E-state index contributed by atoms with van der Waals surface area (Å²) in [6.45, 7) is 7.01. The molecule has 5 nitrogen and oxygen atoms in total. The fourth-order valence-electron chi connectivity index (χ4n) is 3.03. The predicted octanol–water partition coefficient (Wildman–Crippen LogP) is 2.98. The number of hydrogen-bond acceptors (Lipinski definition) is 6. The molecule has 23 heavy (non-hydrogen) atoms. The highest BCUT2D eigenvalue weighted by Crippen LogP contribution is 2.45. The van der Waals surface area contributed by atoms with Gasteiger partial charge >= 0.3 is 5.97 Å². The molecule has 0 bridgehead atoms. The van der Waals surface area contributed by atoms with Crippen LogP contribution in [0.2, 0.25) is 0 Å². The highest BCUT2D eigenvalue weighted by atomic mass is 32.2. The summed E-state index contributed by atoms with van der Waals surface area (Å²) in [6, 6.07) is 10.0. The van der Waals surface area contributed by atoms with E-state index >= 15 is 0 Å². The van der Waals surface area contributed by atoms with E-state index in [4.69, 9.17) is 18.9 Å². The lowest BCUT2D eigenvalue weighted by Gasteiger charge is -2.26. The fourth-order valence-corrected chi connectivity index (χ4v) is 4.14. The van der Waals surface area contributed by atoms with Crippen LogP contribution in [0.25, 0.3) is 0 Å². The lowest BCUT2D eigenvalue weighted by molar-refractivity contribution is -0.191. The molecule has 1 unspecified atom stereocenters.